The molecule has 0 aliphatic carbocycles. The number of ether oxygens (including phenoxy) is 1. The van der Waals surface area contributed by atoms with Gasteiger partial charge in [0.25, 0.3) is 0 Å². The Morgan fingerprint density at radius 1 is 0.889 bits per heavy atom. The first-order valence-corrected chi connectivity index (χ1v) is 9.17. The predicted octanol–water partition coefficient (Wildman–Crippen LogP) is 4.25. The number of amides is 2. The zero-order chi connectivity index (χ0) is 18.5. The van der Waals surface area contributed by atoms with Gasteiger partial charge in [-0.05, 0) is 17.2 Å². The zero-order valence-electron chi connectivity index (χ0n) is 15.0. The number of para-hydroxylation sites is 1. The molecule has 1 atom stereocenters. The van der Waals surface area contributed by atoms with Crippen molar-refractivity contribution in [2.45, 2.75) is 12.0 Å². The molecular formula is C23H22N2O2. The lowest BCUT2D eigenvalue weighted by Gasteiger charge is -2.21. The van der Waals surface area contributed by atoms with Crippen molar-refractivity contribution in [3.05, 3.63) is 102 Å². The third-order valence-electron chi connectivity index (χ3n) is 4.85. The molecule has 0 spiro atoms. The molecule has 4 heteroatoms. The van der Waals surface area contributed by atoms with Crippen LogP contribution in [-0.2, 0) is 0 Å². The quantitative estimate of drug-likeness (QED) is 0.716. The van der Waals surface area contributed by atoms with E-state index >= 15 is 0 Å². The van der Waals surface area contributed by atoms with Gasteiger partial charge in [0.2, 0.25) is 0 Å². The highest BCUT2D eigenvalue weighted by Crippen LogP contribution is 2.32. The lowest BCUT2D eigenvalue weighted by Crippen LogP contribution is -2.40. The number of benzene rings is 3. The van der Waals surface area contributed by atoms with Gasteiger partial charge in [0.1, 0.15) is 5.75 Å². The van der Waals surface area contributed by atoms with Crippen molar-refractivity contribution in [3.8, 4) is 5.75 Å². The normalized spacial score (nSPS) is 15.1. The molecule has 0 saturated carbocycles. The maximum Gasteiger partial charge on any atom is 0.315 e. The molecule has 0 saturated heterocycles. The fraction of sp³-hybridized carbons (Fsp3) is 0.174. The number of nitrogens with one attached hydrogen (secondary N) is 2. The van der Waals surface area contributed by atoms with E-state index in [9.17, 15) is 4.79 Å². The van der Waals surface area contributed by atoms with Crippen LogP contribution in [0.2, 0.25) is 0 Å². The van der Waals surface area contributed by atoms with Crippen LogP contribution in [0.4, 0.5) is 4.79 Å². The fourth-order valence-corrected chi connectivity index (χ4v) is 3.45. The largest absolute Gasteiger partial charge is 0.493 e. The molecule has 0 unspecified atom stereocenters. The average Bonchev–Trinajstić information content (AvgIpc) is 3.15. The Bertz CT molecular complexity index is 857. The summed E-state index contributed by atoms with van der Waals surface area (Å²) in [4.78, 5) is 12.6. The second-order valence-corrected chi connectivity index (χ2v) is 6.65. The van der Waals surface area contributed by atoms with Crippen molar-refractivity contribution in [3.63, 3.8) is 0 Å². The summed E-state index contributed by atoms with van der Waals surface area (Å²) in [6.07, 6.45) is 0. The standard InChI is InChI=1S/C23H22N2O2/c26-23(24-15-19-16-27-21-14-8-7-13-20(19)21)25-22(17-9-3-1-4-10-17)18-11-5-2-6-12-18/h1-14,19,22H,15-16H2,(H2,24,25,26)/t19-/m0/s1. The highest BCUT2D eigenvalue weighted by atomic mass is 16.5. The summed E-state index contributed by atoms with van der Waals surface area (Å²) >= 11 is 0. The molecule has 0 bridgehead atoms. The minimum atomic E-state index is -0.195. The van der Waals surface area contributed by atoms with E-state index in [4.69, 9.17) is 4.74 Å². The van der Waals surface area contributed by atoms with Crippen molar-refractivity contribution in [2.24, 2.45) is 0 Å². The van der Waals surface area contributed by atoms with Gasteiger partial charge in [-0.1, -0.05) is 78.9 Å². The molecule has 0 aromatic heterocycles. The van der Waals surface area contributed by atoms with Gasteiger partial charge in [0.15, 0.2) is 0 Å². The third-order valence-corrected chi connectivity index (χ3v) is 4.85. The van der Waals surface area contributed by atoms with Crippen LogP contribution in [0.25, 0.3) is 0 Å². The first-order chi connectivity index (χ1) is 13.3. The van der Waals surface area contributed by atoms with Crippen LogP contribution < -0.4 is 15.4 Å². The predicted molar refractivity (Wildman–Crippen MR) is 106 cm³/mol. The topological polar surface area (TPSA) is 50.4 Å². The van der Waals surface area contributed by atoms with Gasteiger partial charge >= 0.3 is 6.03 Å². The highest BCUT2D eigenvalue weighted by molar-refractivity contribution is 5.75. The van der Waals surface area contributed by atoms with Crippen molar-refractivity contribution in [2.75, 3.05) is 13.2 Å². The molecule has 4 nitrogen and oxygen atoms in total. The first kappa shape index (κ1) is 17.2. The number of hydrogen-bond donors (Lipinski definition) is 2. The lowest BCUT2D eigenvalue weighted by molar-refractivity contribution is 0.237. The summed E-state index contributed by atoms with van der Waals surface area (Å²) in [6, 6.07) is 27.6. The molecule has 2 N–H and O–H groups in total. The fourth-order valence-electron chi connectivity index (χ4n) is 3.45. The summed E-state index contributed by atoms with van der Waals surface area (Å²) in [6.45, 7) is 1.14. The van der Waals surface area contributed by atoms with Crippen LogP contribution in [0.5, 0.6) is 5.75 Å². The van der Waals surface area contributed by atoms with E-state index in [0.29, 0.717) is 13.2 Å². The SMILES string of the molecule is O=C(NC[C@H]1COc2ccccc21)NC(c1ccccc1)c1ccccc1. The molecular weight excluding hydrogens is 336 g/mol. The van der Waals surface area contributed by atoms with Gasteiger partial charge in [-0.15, -0.1) is 0 Å². The van der Waals surface area contributed by atoms with Crippen LogP contribution in [0.1, 0.15) is 28.7 Å². The maximum atomic E-state index is 12.6. The second kappa shape index (κ2) is 7.96. The molecule has 4 rings (SSSR count). The van der Waals surface area contributed by atoms with E-state index in [1.165, 1.54) is 0 Å². The molecule has 3 aromatic rings. The maximum absolute atomic E-state index is 12.6. The van der Waals surface area contributed by atoms with Crippen LogP contribution in [0.3, 0.4) is 0 Å². The summed E-state index contributed by atoms with van der Waals surface area (Å²) in [5.74, 6) is 1.09. The molecule has 27 heavy (non-hydrogen) atoms. The molecule has 2 amide bonds. The van der Waals surface area contributed by atoms with Crippen LogP contribution in [-0.4, -0.2) is 19.2 Å². The van der Waals surface area contributed by atoms with Gasteiger partial charge in [-0.25, -0.2) is 4.79 Å². The summed E-state index contributed by atoms with van der Waals surface area (Å²) < 4.78 is 5.69. The van der Waals surface area contributed by atoms with Gasteiger partial charge in [-0.2, -0.15) is 0 Å². The van der Waals surface area contributed by atoms with Gasteiger partial charge in [0.05, 0.1) is 12.6 Å². The molecule has 136 valence electrons. The Hall–Kier alpha value is -3.27. The number of urea groups is 1. The Labute approximate surface area is 159 Å². The number of carbonyl (C=O) groups is 1. The Kier molecular flexibility index (Phi) is 5.06. The Balaban J connectivity index is 1.44. The smallest absolute Gasteiger partial charge is 0.315 e. The minimum Gasteiger partial charge on any atom is -0.493 e. The van der Waals surface area contributed by atoms with E-state index in [-0.39, 0.29) is 18.0 Å². The molecule has 0 fully saturated rings. The minimum absolute atomic E-state index is 0.179. The van der Waals surface area contributed by atoms with Crippen molar-refractivity contribution >= 4 is 6.03 Å². The van der Waals surface area contributed by atoms with E-state index in [1.807, 2.05) is 78.9 Å². The Morgan fingerprint density at radius 2 is 1.48 bits per heavy atom. The summed E-state index contributed by atoms with van der Waals surface area (Å²) in [7, 11) is 0. The van der Waals surface area contributed by atoms with Crippen molar-refractivity contribution < 1.29 is 9.53 Å². The van der Waals surface area contributed by atoms with Crippen molar-refractivity contribution in [1.82, 2.24) is 10.6 Å². The van der Waals surface area contributed by atoms with Crippen LogP contribution in [0, 0.1) is 0 Å². The number of rotatable bonds is 5. The van der Waals surface area contributed by atoms with E-state index in [0.717, 1.165) is 22.4 Å². The van der Waals surface area contributed by atoms with Crippen molar-refractivity contribution in [1.29, 1.82) is 0 Å². The number of carbonyl (C=O) groups excluding carboxylic acids is 1. The van der Waals surface area contributed by atoms with Gasteiger partial charge in [-0.3, -0.25) is 0 Å². The van der Waals surface area contributed by atoms with Crippen LogP contribution >= 0.6 is 0 Å². The highest BCUT2D eigenvalue weighted by Gasteiger charge is 2.24. The molecule has 1 aliphatic heterocycles. The van der Waals surface area contributed by atoms with E-state index < -0.39 is 0 Å². The Morgan fingerprint density at radius 3 is 2.15 bits per heavy atom. The molecule has 0 radical (unpaired) electrons. The summed E-state index contributed by atoms with van der Waals surface area (Å²) in [5, 5.41) is 6.11. The lowest BCUT2D eigenvalue weighted by atomic mass is 9.99. The molecule has 1 heterocycles. The van der Waals surface area contributed by atoms with Gasteiger partial charge in [0, 0.05) is 18.0 Å². The summed E-state index contributed by atoms with van der Waals surface area (Å²) in [5.41, 5.74) is 3.25. The molecule has 1 aliphatic rings. The van der Waals surface area contributed by atoms with E-state index in [2.05, 4.69) is 16.7 Å². The first-order valence-electron chi connectivity index (χ1n) is 9.17. The number of hydrogen-bond acceptors (Lipinski definition) is 2. The monoisotopic (exact) mass is 358 g/mol. The van der Waals surface area contributed by atoms with E-state index in [1.54, 1.807) is 0 Å². The third kappa shape index (κ3) is 3.95. The molecule has 3 aromatic carbocycles. The van der Waals surface area contributed by atoms with Gasteiger partial charge < -0.3 is 15.4 Å². The average molecular weight is 358 g/mol. The zero-order valence-corrected chi connectivity index (χ0v) is 15.0. The van der Waals surface area contributed by atoms with Crippen LogP contribution in [0.15, 0.2) is 84.9 Å². The number of fused-ring (bicyclic) bond motifs is 1. The second-order valence-electron chi connectivity index (χ2n) is 6.65.